The Hall–Kier alpha value is -0.170. The van der Waals surface area contributed by atoms with Gasteiger partial charge >= 0.3 is 0 Å². The zero-order valence-electron chi connectivity index (χ0n) is 13.3. The van der Waals surface area contributed by atoms with E-state index < -0.39 is 10.2 Å². The first-order valence-electron chi connectivity index (χ1n) is 8.50. The Morgan fingerprint density at radius 1 is 1.10 bits per heavy atom. The maximum atomic E-state index is 12.4. The monoisotopic (exact) mass is 317 g/mol. The highest BCUT2D eigenvalue weighted by Crippen LogP contribution is 2.30. The molecule has 0 bridgehead atoms. The van der Waals surface area contributed by atoms with Gasteiger partial charge in [-0.25, -0.2) is 4.72 Å². The molecule has 3 N–H and O–H groups in total. The fraction of sp³-hybridized carbons (Fsp3) is 1.00. The largest absolute Gasteiger partial charge is 0.330 e. The van der Waals surface area contributed by atoms with Crippen LogP contribution in [0.2, 0.25) is 0 Å². The number of nitrogens with two attached hydrogens (primary N) is 1. The van der Waals surface area contributed by atoms with Crippen LogP contribution in [0.5, 0.6) is 0 Å². The second-order valence-corrected chi connectivity index (χ2v) is 8.51. The molecule has 0 aromatic carbocycles. The molecule has 0 aromatic rings. The third-order valence-electron chi connectivity index (χ3n) is 5.25. The highest BCUT2D eigenvalue weighted by atomic mass is 32.2. The van der Waals surface area contributed by atoms with E-state index in [0.29, 0.717) is 38.0 Å². The van der Waals surface area contributed by atoms with Crippen molar-refractivity contribution in [1.82, 2.24) is 9.03 Å². The van der Waals surface area contributed by atoms with Crippen LogP contribution in [0.1, 0.15) is 51.9 Å². The zero-order valence-corrected chi connectivity index (χ0v) is 14.1. The Morgan fingerprint density at radius 2 is 1.76 bits per heavy atom. The van der Waals surface area contributed by atoms with E-state index in [1.165, 1.54) is 19.3 Å². The lowest BCUT2D eigenvalue weighted by atomic mass is 9.81. The molecule has 2 rings (SSSR count). The van der Waals surface area contributed by atoms with Crippen LogP contribution in [-0.4, -0.2) is 38.9 Å². The zero-order chi connectivity index (χ0) is 15.3. The molecule has 21 heavy (non-hydrogen) atoms. The predicted molar refractivity (Wildman–Crippen MR) is 86.0 cm³/mol. The van der Waals surface area contributed by atoms with E-state index in [1.54, 1.807) is 4.31 Å². The summed E-state index contributed by atoms with van der Waals surface area (Å²) < 4.78 is 29.2. The van der Waals surface area contributed by atoms with Crippen molar-refractivity contribution in [3.05, 3.63) is 0 Å². The van der Waals surface area contributed by atoms with E-state index in [1.807, 2.05) is 0 Å². The molecule has 2 fully saturated rings. The Balaban J connectivity index is 1.79. The molecule has 6 heteroatoms. The van der Waals surface area contributed by atoms with Gasteiger partial charge in [0.05, 0.1) is 0 Å². The highest BCUT2D eigenvalue weighted by Gasteiger charge is 2.29. The number of nitrogens with zero attached hydrogens (tertiary/aromatic N) is 1. The van der Waals surface area contributed by atoms with Crippen molar-refractivity contribution in [3.8, 4) is 0 Å². The minimum Gasteiger partial charge on any atom is -0.330 e. The number of hydrogen-bond donors (Lipinski definition) is 2. The van der Waals surface area contributed by atoms with Gasteiger partial charge in [0.2, 0.25) is 0 Å². The fourth-order valence-electron chi connectivity index (χ4n) is 3.60. The fourth-order valence-corrected chi connectivity index (χ4v) is 5.00. The molecular formula is C15H31N3O2S. The second kappa shape index (κ2) is 7.90. The Bertz CT molecular complexity index is 405. The van der Waals surface area contributed by atoms with E-state index in [4.69, 9.17) is 5.73 Å². The van der Waals surface area contributed by atoms with Gasteiger partial charge in [-0.3, -0.25) is 0 Å². The van der Waals surface area contributed by atoms with Crippen LogP contribution < -0.4 is 10.5 Å². The SMILES string of the molecule is CCC1CCC(CNS(=O)(=O)N2CCCC(CN)C2)CC1. The van der Waals surface area contributed by atoms with Gasteiger partial charge in [0.1, 0.15) is 0 Å². The molecule has 1 aliphatic carbocycles. The molecular weight excluding hydrogens is 286 g/mol. The first kappa shape index (κ1) is 17.2. The molecule has 1 unspecified atom stereocenters. The standard InChI is InChI=1S/C15H31N3O2S/c1-2-13-5-7-14(8-6-13)11-17-21(19,20)18-9-3-4-15(10-16)12-18/h13-15,17H,2-12,16H2,1H3. The highest BCUT2D eigenvalue weighted by molar-refractivity contribution is 7.87. The van der Waals surface area contributed by atoms with Crippen molar-refractivity contribution in [1.29, 1.82) is 0 Å². The Morgan fingerprint density at radius 3 is 2.38 bits per heavy atom. The van der Waals surface area contributed by atoms with Crippen LogP contribution in [0.25, 0.3) is 0 Å². The summed E-state index contributed by atoms with van der Waals surface area (Å²) in [6, 6.07) is 0. The van der Waals surface area contributed by atoms with Crippen LogP contribution >= 0.6 is 0 Å². The lowest BCUT2D eigenvalue weighted by Gasteiger charge is -2.32. The summed E-state index contributed by atoms with van der Waals surface area (Å²) >= 11 is 0. The molecule has 5 nitrogen and oxygen atoms in total. The van der Waals surface area contributed by atoms with E-state index in [0.717, 1.165) is 31.6 Å². The van der Waals surface area contributed by atoms with Gasteiger partial charge in [-0.05, 0) is 50.0 Å². The van der Waals surface area contributed by atoms with Crippen molar-refractivity contribution in [2.75, 3.05) is 26.2 Å². The first-order chi connectivity index (χ1) is 10.0. The lowest BCUT2D eigenvalue weighted by molar-refractivity contribution is 0.256. The minimum atomic E-state index is -3.32. The van der Waals surface area contributed by atoms with Crippen LogP contribution in [0.4, 0.5) is 0 Å². The van der Waals surface area contributed by atoms with Crippen LogP contribution in [0.3, 0.4) is 0 Å². The van der Waals surface area contributed by atoms with Crippen molar-refractivity contribution in [3.63, 3.8) is 0 Å². The molecule has 0 amide bonds. The van der Waals surface area contributed by atoms with Gasteiger partial charge in [-0.1, -0.05) is 26.2 Å². The van der Waals surface area contributed by atoms with Gasteiger partial charge < -0.3 is 5.73 Å². The number of rotatable bonds is 6. The van der Waals surface area contributed by atoms with Crippen molar-refractivity contribution in [2.45, 2.75) is 51.9 Å². The molecule has 2 aliphatic rings. The quantitative estimate of drug-likeness (QED) is 0.783. The molecule has 1 atom stereocenters. The normalized spacial score (nSPS) is 32.2. The molecule has 0 radical (unpaired) electrons. The maximum Gasteiger partial charge on any atom is 0.279 e. The molecule has 1 aliphatic heterocycles. The van der Waals surface area contributed by atoms with E-state index in [9.17, 15) is 8.42 Å². The molecule has 1 saturated carbocycles. The smallest absolute Gasteiger partial charge is 0.279 e. The summed E-state index contributed by atoms with van der Waals surface area (Å²) in [5.74, 6) is 1.68. The Labute approximate surface area is 129 Å². The summed E-state index contributed by atoms with van der Waals surface area (Å²) in [5.41, 5.74) is 5.68. The van der Waals surface area contributed by atoms with E-state index in [-0.39, 0.29) is 0 Å². The van der Waals surface area contributed by atoms with E-state index >= 15 is 0 Å². The Kier molecular flexibility index (Phi) is 6.47. The van der Waals surface area contributed by atoms with Gasteiger partial charge in [0.25, 0.3) is 10.2 Å². The summed E-state index contributed by atoms with van der Waals surface area (Å²) in [6.45, 7) is 4.64. The topological polar surface area (TPSA) is 75.4 Å². The van der Waals surface area contributed by atoms with Crippen molar-refractivity contribution < 1.29 is 8.42 Å². The van der Waals surface area contributed by atoms with Crippen LogP contribution in [0, 0.1) is 17.8 Å². The minimum absolute atomic E-state index is 0.315. The first-order valence-corrected chi connectivity index (χ1v) is 9.94. The molecule has 1 heterocycles. The lowest BCUT2D eigenvalue weighted by Crippen LogP contribution is -2.48. The average molecular weight is 317 g/mol. The second-order valence-electron chi connectivity index (χ2n) is 6.75. The summed E-state index contributed by atoms with van der Waals surface area (Å²) in [4.78, 5) is 0. The molecule has 0 spiro atoms. The molecule has 0 aromatic heterocycles. The summed E-state index contributed by atoms with van der Waals surface area (Å²) in [7, 11) is -3.32. The van der Waals surface area contributed by atoms with Gasteiger partial charge in [0, 0.05) is 19.6 Å². The molecule has 124 valence electrons. The number of hydrogen-bond acceptors (Lipinski definition) is 3. The van der Waals surface area contributed by atoms with Gasteiger partial charge in [-0.2, -0.15) is 12.7 Å². The number of nitrogens with one attached hydrogen (secondary N) is 1. The predicted octanol–water partition coefficient (Wildman–Crippen LogP) is 1.71. The third-order valence-corrected chi connectivity index (χ3v) is 6.80. The average Bonchev–Trinajstić information content (AvgIpc) is 2.53. The van der Waals surface area contributed by atoms with Gasteiger partial charge in [0.15, 0.2) is 0 Å². The van der Waals surface area contributed by atoms with Gasteiger partial charge in [-0.15, -0.1) is 0 Å². The third kappa shape index (κ3) is 4.91. The summed E-state index contributed by atoms with van der Waals surface area (Å²) in [6.07, 6.45) is 8.04. The maximum absolute atomic E-state index is 12.4. The summed E-state index contributed by atoms with van der Waals surface area (Å²) in [5, 5.41) is 0. The molecule has 1 saturated heterocycles. The van der Waals surface area contributed by atoms with E-state index in [2.05, 4.69) is 11.6 Å². The van der Waals surface area contributed by atoms with Crippen molar-refractivity contribution in [2.24, 2.45) is 23.5 Å². The number of piperidine rings is 1. The van der Waals surface area contributed by atoms with Crippen LogP contribution in [-0.2, 0) is 10.2 Å². The van der Waals surface area contributed by atoms with Crippen LogP contribution in [0.15, 0.2) is 0 Å². The van der Waals surface area contributed by atoms with Crippen molar-refractivity contribution >= 4 is 10.2 Å².